The summed E-state index contributed by atoms with van der Waals surface area (Å²) in [5.74, 6) is 0.309. The normalized spacial score (nSPS) is 16.8. The predicted octanol–water partition coefficient (Wildman–Crippen LogP) is 4.27. The second-order valence-corrected chi connectivity index (χ2v) is 4.84. The quantitative estimate of drug-likeness (QED) is 0.703. The minimum absolute atomic E-state index is 0.0486. The van der Waals surface area contributed by atoms with Crippen LogP contribution in [0.4, 0.5) is 13.2 Å². The Bertz CT molecular complexity index is 419. The van der Waals surface area contributed by atoms with Gasteiger partial charge in [-0.05, 0) is 17.7 Å². The van der Waals surface area contributed by atoms with Crippen molar-refractivity contribution in [2.24, 2.45) is 0 Å². The summed E-state index contributed by atoms with van der Waals surface area (Å²) >= 11 is 8.41. The van der Waals surface area contributed by atoms with E-state index in [1.165, 1.54) is 6.07 Å². The third-order valence-electron chi connectivity index (χ3n) is 2.34. The second kappa shape index (κ2) is 4.11. The molecule has 1 aliphatic rings. The highest BCUT2D eigenvalue weighted by Gasteiger charge is 2.41. The largest absolute Gasteiger partial charge is 0.493 e. The molecule has 0 amide bonds. The lowest BCUT2D eigenvalue weighted by Gasteiger charge is -2.17. The first kappa shape index (κ1) is 12.0. The summed E-state index contributed by atoms with van der Waals surface area (Å²) in [6, 6.07) is 2.93. The minimum Gasteiger partial charge on any atom is -0.493 e. The van der Waals surface area contributed by atoms with E-state index in [2.05, 4.69) is 15.9 Å². The van der Waals surface area contributed by atoms with Crippen LogP contribution in [-0.2, 0) is 6.42 Å². The fourth-order valence-electron chi connectivity index (χ4n) is 1.66. The molecule has 1 atom stereocenters. The Morgan fingerprint density at radius 1 is 1.38 bits per heavy atom. The van der Waals surface area contributed by atoms with Crippen LogP contribution in [0.3, 0.4) is 0 Å². The van der Waals surface area contributed by atoms with E-state index in [4.69, 9.17) is 16.3 Å². The number of halogens is 5. The van der Waals surface area contributed by atoms with Crippen molar-refractivity contribution in [1.82, 2.24) is 0 Å². The summed E-state index contributed by atoms with van der Waals surface area (Å²) in [7, 11) is 0. The van der Waals surface area contributed by atoms with Gasteiger partial charge in [0, 0.05) is 17.0 Å². The third kappa shape index (κ3) is 2.15. The summed E-state index contributed by atoms with van der Waals surface area (Å²) in [4.78, 5) is -1.74. The molecule has 0 bridgehead atoms. The molecule has 0 N–H and O–H groups in total. The highest BCUT2D eigenvalue weighted by molar-refractivity contribution is 9.09. The molecule has 0 saturated carbocycles. The molecule has 1 aliphatic heterocycles. The van der Waals surface area contributed by atoms with Crippen LogP contribution < -0.4 is 4.74 Å². The van der Waals surface area contributed by atoms with E-state index < -0.39 is 11.0 Å². The Morgan fingerprint density at radius 3 is 2.69 bits per heavy atom. The molecule has 0 radical (unpaired) electrons. The number of alkyl halides is 4. The van der Waals surface area contributed by atoms with E-state index >= 15 is 0 Å². The Morgan fingerprint density at radius 2 is 2.06 bits per heavy atom. The first-order chi connectivity index (χ1) is 7.39. The van der Waals surface area contributed by atoms with Crippen molar-refractivity contribution in [3.8, 4) is 5.75 Å². The van der Waals surface area contributed by atoms with Gasteiger partial charge in [0.05, 0.1) is 6.61 Å². The van der Waals surface area contributed by atoms with Crippen LogP contribution in [0.5, 0.6) is 5.75 Å². The number of fused-ring (bicyclic) bond motifs is 1. The molecule has 1 unspecified atom stereocenters. The second-order valence-electron chi connectivity index (χ2n) is 3.49. The van der Waals surface area contributed by atoms with Gasteiger partial charge >= 0.3 is 6.18 Å². The molecule has 1 aromatic carbocycles. The summed E-state index contributed by atoms with van der Waals surface area (Å²) in [6.07, 6.45) is -3.76. The number of benzene rings is 1. The molecule has 0 aromatic heterocycles. The zero-order valence-electron chi connectivity index (χ0n) is 7.94. The average Bonchev–Trinajstić information content (AvgIpc) is 2.61. The van der Waals surface area contributed by atoms with E-state index in [1.54, 1.807) is 6.07 Å². The minimum atomic E-state index is -4.36. The molecule has 0 saturated heterocycles. The summed E-state index contributed by atoms with van der Waals surface area (Å²) in [5, 5.41) is 0.299. The van der Waals surface area contributed by atoms with Gasteiger partial charge in [-0.15, -0.1) is 0 Å². The monoisotopic (exact) mass is 314 g/mol. The van der Waals surface area contributed by atoms with Crippen LogP contribution in [0.25, 0.3) is 0 Å². The van der Waals surface area contributed by atoms with Crippen LogP contribution in [0.15, 0.2) is 12.1 Å². The zero-order valence-corrected chi connectivity index (χ0v) is 10.3. The van der Waals surface area contributed by atoms with Gasteiger partial charge in [-0.3, -0.25) is 0 Å². The fraction of sp³-hybridized carbons (Fsp3) is 0.400. The molecule has 1 heterocycles. The first-order valence-electron chi connectivity index (χ1n) is 4.55. The highest BCUT2D eigenvalue weighted by Crippen LogP contribution is 2.46. The SMILES string of the molecule is FC(F)(F)C(Br)c1cc(Cl)cc2c1OCC2. The molecule has 6 heteroatoms. The van der Waals surface area contributed by atoms with Gasteiger partial charge in [-0.2, -0.15) is 13.2 Å². The Balaban J connectivity index is 2.49. The smallest absolute Gasteiger partial charge is 0.405 e. The molecular formula is C10H7BrClF3O. The van der Waals surface area contributed by atoms with Gasteiger partial charge in [0.25, 0.3) is 0 Å². The third-order valence-corrected chi connectivity index (χ3v) is 3.57. The van der Waals surface area contributed by atoms with Gasteiger partial charge in [-0.1, -0.05) is 27.5 Å². The van der Waals surface area contributed by atoms with Crippen molar-refractivity contribution in [1.29, 1.82) is 0 Å². The lowest BCUT2D eigenvalue weighted by molar-refractivity contribution is -0.128. The number of hydrogen-bond donors (Lipinski definition) is 0. The molecule has 0 fully saturated rings. The maximum Gasteiger partial charge on any atom is 0.405 e. The van der Waals surface area contributed by atoms with E-state index in [9.17, 15) is 13.2 Å². The first-order valence-corrected chi connectivity index (χ1v) is 5.85. The maximum atomic E-state index is 12.6. The molecule has 1 aromatic rings. The number of rotatable bonds is 1. The number of ether oxygens (including phenoxy) is 1. The van der Waals surface area contributed by atoms with Crippen molar-refractivity contribution in [2.75, 3.05) is 6.61 Å². The molecule has 0 aliphatic carbocycles. The van der Waals surface area contributed by atoms with Crippen molar-refractivity contribution in [3.05, 3.63) is 28.3 Å². The lowest BCUT2D eigenvalue weighted by atomic mass is 10.1. The maximum absolute atomic E-state index is 12.6. The average molecular weight is 316 g/mol. The van der Waals surface area contributed by atoms with Gasteiger partial charge in [0.2, 0.25) is 0 Å². The van der Waals surface area contributed by atoms with E-state index in [0.29, 0.717) is 23.8 Å². The van der Waals surface area contributed by atoms with Gasteiger partial charge < -0.3 is 4.74 Å². The molecule has 1 nitrogen and oxygen atoms in total. The molecule has 2 rings (SSSR count). The summed E-state index contributed by atoms with van der Waals surface area (Å²) < 4.78 is 43.0. The summed E-state index contributed by atoms with van der Waals surface area (Å²) in [6.45, 7) is 0.403. The lowest BCUT2D eigenvalue weighted by Crippen LogP contribution is -2.16. The van der Waals surface area contributed by atoms with Crippen LogP contribution in [0.2, 0.25) is 5.02 Å². The van der Waals surface area contributed by atoms with E-state index in [0.717, 1.165) is 5.56 Å². The topological polar surface area (TPSA) is 9.23 Å². The Hall–Kier alpha value is -0.420. The van der Waals surface area contributed by atoms with Crippen molar-refractivity contribution in [2.45, 2.75) is 17.4 Å². The predicted molar refractivity (Wildman–Crippen MR) is 58.4 cm³/mol. The van der Waals surface area contributed by atoms with Crippen LogP contribution >= 0.6 is 27.5 Å². The van der Waals surface area contributed by atoms with E-state index in [-0.39, 0.29) is 5.56 Å². The van der Waals surface area contributed by atoms with Gasteiger partial charge in [0.15, 0.2) is 0 Å². The highest BCUT2D eigenvalue weighted by atomic mass is 79.9. The molecular weight excluding hydrogens is 308 g/mol. The Labute approximate surface area is 104 Å². The molecule has 16 heavy (non-hydrogen) atoms. The molecule has 88 valence electrons. The fourth-order valence-corrected chi connectivity index (χ4v) is 2.25. The number of hydrogen-bond acceptors (Lipinski definition) is 1. The molecule has 0 spiro atoms. The van der Waals surface area contributed by atoms with Crippen molar-refractivity contribution >= 4 is 27.5 Å². The van der Waals surface area contributed by atoms with Gasteiger partial charge in [0.1, 0.15) is 10.6 Å². The Kier molecular flexibility index (Phi) is 3.09. The standard InChI is InChI=1S/C10H7BrClF3O/c11-9(10(13,14)15)7-4-6(12)3-5-1-2-16-8(5)7/h3-4,9H,1-2H2. The van der Waals surface area contributed by atoms with Crippen molar-refractivity contribution in [3.63, 3.8) is 0 Å². The van der Waals surface area contributed by atoms with Crippen molar-refractivity contribution < 1.29 is 17.9 Å². The van der Waals surface area contributed by atoms with Gasteiger partial charge in [-0.25, -0.2) is 0 Å². The van der Waals surface area contributed by atoms with Crippen LogP contribution in [0.1, 0.15) is 16.0 Å². The van der Waals surface area contributed by atoms with Crippen LogP contribution in [-0.4, -0.2) is 12.8 Å². The zero-order chi connectivity index (χ0) is 11.9. The summed E-state index contributed by atoms with van der Waals surface area (Å²) in [5.41, 5.74) is 0.781. The van der Waals surface area contributed by atoms with E-state index in [1.807, 2.05) is 0 Å². The van der Waals surface area contributed by atoms with Crippen LogP contribution in [0, 0.1) is 0 Å².